The van der Waals surface area contributed by atoms with Crippen molar-refractivity contribution in [3.05, 3.63) is 23.8 Å². The molecule has 1 aliphatic heterocycles. The molecule has 0 spiro atoms. The van der Waals surface area contributed by atoms with Crippen LogP contribution in [0.4, 0.5) is 0 Å². The molecular formula is C19H29ClN2O3. The number of ether oxygens (including phenoxy) is 2. The number of nitrogens with one attached hydrogen (secondary N) is 2. The summed E-state index contributed by atoms with van der Waals surface area (Å²) in [5.74, 6) is 1.82. The minimum absolute atomic E-state index is 0. The highest BCUT2D eigenvalue weighted by Gasteiger charge is 2.36. The predicted molar refractivity (Wildman–Crippen MR) is 101 cm³/mol. The van der Waals surface area contributed by atoms with Crippen LogP contribution in [0, 0.1) is 5.92 Å². The number of amides is 1. The van der Waals surface area contributed by atoms with Gasteiger partial charge in [-0.3, -0.25) is 4.79 Å². The molecule has 0 unspecified atom stereocenters. The number of halogens is 1. The molecule has 0 bridgehead atoms. The van der Waals surface area contributed by atoms with E-state index in [1.165, 1.54) is 24.8 Å². The fourth-order valence-electron chi connectivity index (χ4n) is 3.84. The van der Waals surface area contributed by atoms with Crippen molar-refractivity contribution in [1.82, 2.24) is 10.6 Å². The summed E-state index contributed by atoms with van der Waals surface area (Å²) in [5, 5.41) is 6.37. The second-order valence-electron chi connectivity index (χ2n) is 6.98. The Morgan fingerprint density at radius 3 is 2.40 bits per heavy atom. The van der Waals surface area contributed by atoms with Crippen molar-refractivity contribution in [1.29, 1.82) is 0 Å². The lowest BCUT2D eigenvalue weighted by Crippen LogP contribution is -2.53. The highest BCUT2D eigenvalue weighted by Crippen LogP contribution is 2.42. The van der Waals surface area contributed by atoms with Crippen LogP contribution < -0.4 is 20.1 Å². The standard InChI is InChI=1S/C19H28N2O3.ClH/c1-23-16-7-6-15(10-17(16)24-2)19(8-4-3-5-9-19)13-21-18(22)14-11-20-12-14;/h6-7,10,14,20H,3-5,8-9,11-13H2,1-2H3,(H,21,22);1H. The summed E-state index contributed by atoms with van der Waals surface area (Å²) in [4.78, 5) is 12.3. The Hall–Kier alpha value is -1.46. The van der Waals surface area contributed by atoms with E-state index in [4.69, 9.17) is 9.47 Å². The summed E-state index contributed by atoms with van der Waals surface area (Å²) in [6, 6.07) is 6.19. The number of benzene rings is 1. The van der Waals surface area contributed by atoms with Crippen molar-refractivity contribution in [2.45, 2.75) is 37.5 Å². The minimum Gasteiger partial charge on any atom is -0.493 e. The van der Waals surface area contributed by atoms with Gasteiger partial charge in [-0.25, -0.2) is 0 Å². The van der Waals surface area contributed by atoms with Crippen LogP contribution in [-0.4, -0.2) is 39.8 Å². The second-order valence-corrected chi connectivity index (χ2v) is 6.98. The smallest absolute Gasteiger partial charge is 0.225 e. The van der Waals surface area contributed by atoms with E-state index in [-0.39, 0.29) is 29.6 Å². The molecule has 2 aliphatic rings. The maximum absolute atomic E-state index is 12.3. The van der Waals surface area contributed by atoms with E-state index in [1.54, 1.807) is 14.2 Å². The molecule has 1 aromatic rings. The molecule has 1 saturated heterocycles. The molecule has 0 atom stereocenters. The molecule has 2 N–H and O–H groups in total. The van der Waals surface area contributed by atoms with Gasteiger partial charge < -0.3 is 20.1 Å². The van der Waals surface area contributed by atoms with Crippen LogP contribution in [0.5, 0.6) is 11.5 Å². The molecule has 2 fully saturated rings. The zero-order valence-corrected chi connectivity index (χ0v) is 15.9. The summed E-state index contributed by atoms with van der Waals surface area (Å²) >= 11 is 0. The zero-order chi connectivity index (χ0) is 17.0. The normalized spacial score (nSPS) is 19.3. The third-order valence-corrected chi connectivity index (χ3v) is 5.56. The molecule has 3 rings (SSSR count). The summed E-state index contributed by atoms with van der Waals surface area (Å²) in [6.07, 6.45) is 5.89. The zero-order valence-electron chi connectivity index (χ0n) is 15.1. The molecule has 0 radical (unpaired) electrons. The molecule has 140 valence electrons. The maximum Gasteiger partial charge on any atom is 0.225 e. The summed E-state index contributed by atoms with van der Waals surface area (Å²) in [5.41, 5.74) is 1.25. The van der Waals surface area contributed by atoms with Crippen molar-refractivity contribution in [2.75, 3.05) is 33.9 Å². The fraction of sp³-hybridized carbons (Fsp3) is 0.632. The average Bonchev–Trinajstić information content (AvgIpc) is 2.58. The Labute approximate surface area is 156 Å². The van der Waals surface area contributed by atoms with Crippen molar-refractivity contribution in [2.24, 2.45) is 5.92 Å². The molecule has 1 heterocycles. The summed E-state index contributed by atoms with van der Waals surface area (Å²) < 4.78 is 10.8. The van der Waals surface area contributed by atoms with E-state index >= 15 is 0 Å². The Morgan fingerprint density at radius 1 is 1.16 bits per heavy atom. The number of hydrogen-bond donors (Lipinski definition) is 2. The van der Waals surface area contributed by atoms with Gasteiger partial charge in [0.05, 0.1) is 20.1 Å². The summed E-state index contributed by atoms with van der Waals surface area (Å²) in [7, 11) is 3.32. The van der Waals surface area contributed by atoms with Crippen molar-refractivity contribution in [3.8, 4) is 11.5 Å². The molecule has 0 aromatic heterocycles. The topological polar surface area (TPSA) is 59.6 Å². The Kier molecular flexibility index (Phi) is 6.96. The quantitative estimate of drug-likeness (QED) is 0.810. The van der Waals surface area contributed by atoms with Crippen LogP contribution in [0.3, 0.4) is 0 Å². The molecule has 1 amide bonds. The first-order chi connectivity index (χ1) is 11.7. The Balaban J connectivity index is 0.00000225. The van der Waals surface area contributed by atoms with E-state index in [1.807, 2.05) is 6.07 Å². The SMILES string of the molecule is COc1ccc(C2(CNC(=O)C3CNC3)CCCCC2)cc1OC.Cl. The highest BCUT2D eigenvalue weighted by atomic mass is 35.5. The monoisotopic (exact) mass is 368 g/mol. The van der Waals surface area contributed by atoms with Gasteiger partial charge in [0, 0.05) is 25.0 Å². The Morgan fingerprint density at radius 2 is 1.84 bits per heavy atom. The van der Waals surface area contributed by atoms with Gasteiger partial charge in [0.2, 0.25) is 5.91 Å². The lowest BCUT2D eigenvalue weighted by atomic mass is 9.69. The van der Waals surface area contributed by atoms with Crippen LogP contribution in [0.2, 0.25) is 0 Å². The minimum atomic E-state index is 0. The van der Waals surface area contributed by atoms with Crippen LogP contribution in [-0.2, 0) is 10.2 Å². The van der Waals surface area contributed by atoms with E-state index in [9.17, 15) is 4.79 Å². The number of hydrogen-bond acceptors (Lipinski definition) is 4. The van der Waals surface area contributed by atoms with E-state index < -0.39 is 0 Å². The van der Waals surface area contributed by atoms with Crippen LogP contribution in [0.15, 0.2) is 18.2 Å². The van der Waals surface area contributed by atoms with Crippen molar-refractivity contribution >= 4 is 18.3 Å². The second kappa shape index (κ2) is 8.77. The maximum atomic E-state index is 12.3. The first kappa shape index (κ1) is 19.9. The van der Waals surface area contributed by atoms with Gasteiger partial charge in [-0.1, -0.05) is 25.3 Å². The first-order valence-corrected chi connectivity index (χ1v) is 8.89. The molecule has 5 nitrogen and oxygen atoms in total. The molecule has 1 aliphatic carbocycles. The number of carbonyl (C=O) groups excluding carboxylic acids is 1. The molecule has 6 heteroatoms. The largest absolute Gasteiger partial charge is 0.493 e. The fourth-order valence-corrected chi connectivity index (χ4v) is 3.84. The van der Waals surface area contributed by atoms with Gasteiger partial charge in [0.25, 0.3) is 0 Å². The third kappa shape index (κ3) is 4.21. The molecule has 1 saturated carbocycles. The van der Waals surface area contributed by atoms with Crippen molar-refractivity contribution < 1.29 is 14.3 Å². The van der Waals surface area contributed by atoms with E-state index in [0.29, 0.717) is 6.54 Å². The number of methoxy groups -OCH3 is 2. The number of rotatable bonds is 6. The van der Waals surface area contributed by atoms with Crippen molar-refractivity contribution in [3.63, 3.8) is 0 Å². The average molecular weight is 369 g/mol. The van der Waals surface area contributed by atoms with E-state index in [0.717, 1.165) is 37.4 Å². The van der Waals surface area contributed by atoms with E-state index in [2.05, 4.69) is 22.8 Å². The van der Waals surface area contributed by atoms with Gasteiger partial charge in [-0.15, -0.1) is 12.4 Å². The Bertz CT molecular complexity index is 584. The van der Waals surface area contributed by atoms with Gasteiger partial charge in [0.1, 0.15) is 0 Å². The van der Waals surface area contributed by atoms with Crippen LogP contribution in [0.1, 0.15) is 37.7 Å². The summed E-state index contributed by atoms with van der Waals surface area (Å²) in [6.45, 7) is 2.31. The predicted octanol–water partition coefficient (Wildman–Crippen LogP) is 2.66. The molecular weight excluding hydrogens is 340 g/mol. The van der Waals surface area contributed by atoms with Gasteiger partial charge >= 0.3 is 0 Å². The molecule has 1 aromatic carbocycles. The highest BCUT2D eigenvalue weighted by molar-refractivity contribution is 5.85. The third-order valence-electron chi connectivity index (χ3n) is 5.56. The number of carbonyl (C=O) groups is 1. The lowest BCUT2D eigenvalue weighted by Gasteiger charge is -2.39. The molecule has 25 heavy (non-hydrogen) atoms. The van der Waals surface area contributed by atoms with Gasteiger partial charge in [-0.05, 0) is 30.5 Å². The van der Waals surface area contributed by atoms with Gasteiger partial charge in [0.15, 0.2) is 11.5 Å². The van der Waals surface area contributed by atoms with Crippen LogP contribution in [0.25, 0.3) is 0 Å². The van der Waals surface area contributed by atoms with Crippen LogP contribution >= 0.6 is 12.4 Å². The first-order valence-electron chi connectivity index (χ1n) is 8.89. The van der Waals surface area contributed by atoms with Gasteiger partial charge in [-0.2, -0.15) is 0 Å². The lowest BCUT2D eigenvalue weighted by molar-refractivity contribution is -0.126.